The van der Waals surface area contributed by atoms with Gasteiger partial charge in [-0.05, 0) is 37.0 Å². The summed E-state index contributed by atoms with van der Waals surface area (Å²) in [4.78, 5) is 21.4. The van der Waals surface area contributed by atoms with Crippen LogP contribution in [0.25, 0.3) is 0 Å². The Labute approximate surface area is 162 Å². The number of esters is 1. The molecular formula is C18H23F2N3O4S. The summed E-state index contributed by atoms with van der Waals surface area (Å²) in [7, 11) is -2.47. The van der Waals surface area contributed by atoms with Crippen LogP contribution < -0.4 is 4.90 Å². The molecule has 28 heavy (non-hydrogen) atoms. The summed E-state index contributed by atoms with van der Waals surface area (Å²) in [6.45, 7) is 1.15. The van der Waals surface area contributed by atoms with Crippen molar-refractivity contribution in [2.24, 2.45) is 17.8 Å². The number of alkyl halides is 2. The first-order valence-electron chi connectivity index (χ1n) is 9.43. The Balaban J connectivity index is 1.68. The fraction of sp³-hybridized carbons (Fsp3) is 0.722. The van der Waals surface area contributed by atoms with Crippen LogP contribution in [0.15, 0.2) is 5.16 Å². The minimum Gasteiger partial charge on any atom is -0.469 e. The second-order valence-electron chi connectivity index (χ2n) is 8.02. The number of nitrogens with zero attached hydrogens (tertiary/aromatic N) is 3. The van der Waals surface area contributed by atoms with Crippen LogP contribution in [0.2, 0.25) is 0 Å². The first-order valence-corrected chi connectivity index (χ1v) is 11.3. The van der Waals surface area contributed by atoms with E-state index in [0.29, 0.717) is 50.2 Å². The molecule has 0 spiro atoms. The average Bonchev–Trinajstić information content (AvgIpc) is 3.10. The number of hydrogen-bond acceptors (Lipinski definition) is 7. The van der Waals surface area contributed by atoms with Gasteiger partial charge in [-0.15, -0.1) is 0 Å². The van der Waals surface area contributed by atoms with Gasteiger partial charge in [0.05, 0.1) is 7.11 Å². The molecular weight excluding hydrogens is 392 g/mol. The van der Waals surface area contributed by atoms with Gasteiger partial charge in [0.15, 0.2) is 0 Å². The molecule has 0 radical (unpaired) electrons. The monoisotopic (exact) mass is 415 g/mol. The topological polar surface area (TPSA) is 89.5 Å². The zero-order chi connectivity index (χ0) is 20.3. The highest BCUT2D eigenvalue weighted by Crippen LogP contribution is 2.55. The fourth-order valence-electron chi connectivity index (χ4n) is 4.58. The number of carbonyl (C=O) groups excluding carboxylic acids is 1. The first kappa shape index (κ1) is 19.5. The van der Waals surface area contributed by atoms with Gasteiger partial charge >= 0.3 is 5.97 Å². The number of rotatable bonds is 4. The van der Waals surface area contributed by atoms with Crippen LogP contribution in [0.5, 0.6) is 0 Å². The summed E-state index contributed by atoms with van der Waals surface area (Å²) in [6, 6.07) is 0. The maximum atomic E-state index is 14.7. The van der Waals surface area contributed by atoms with Crippen LogP contribution in [-0.4, -0.2) is 50.8 Å². The Hall–Kier alpha value is -1.84. The van der Waals surface area contributed by atoms with E-state index in [1.54, 1.807) is 0 Å². The standard InChI is InChI=1S/C18H23F2N3O4S/c1-27-14(24)7-11-12-8-23(9-13(11)12)16-10-5-3-4-6-18(19,20)15(10)21-17(22-16)28(2,25)26/h11-13H,3-9H2,1-2H3/t11?,12-,13+. The second-order valence-corrected chi connectivity index (χ2v) is 9.93. The van der Waals surface area contributed by atoms with Crippen LogP contribution >= 0.6 is 0 Å². The molecule has 3 atom stereocenters. The molecule has 154 valence electrons. The number of ether oxygens (including phenoxy) is 1. The lowest BCUT2D eigenvalue weighted by Crippen LogP contribution is -2.29. The highest BCUT2D eigenvalue weighted by atomic mass is 32.2. The smallest absolute Gasteiger partial charge is 0.305 e. The van der Waals surface area contributed by atoms with Crippen molar-refractivity contribution in [3.8, 4) is 0 Å². The van der Waals surface area contributed by atoms with Gasteiger partial charge in [-0.3, -0.25) is 4.79 Å². The van der Waals surface area contributed by atoms with Gasteiger partial charge in [0.1, 0.15) is 11.5 Å². The summed E-state index contributed by atoms with van der Waals surface area (Å²) >= 11 is 0. The van der Waals surface area contributed by atoms with Gasteiger partial charge in [0, 0.05) is 37.8 Å². The van der Waals surface area contributed by atoms with Crippen molar-refractivity contribution in [1.82, 2.24) is 9.97 Å². The number of halogens is 2. The average molecular weight is 415 g/mol. The molecule has 2 fully saturated rings. The van der Waals surface area contributed by atoms with Crippen LogP contribution in [0.4, 0.5) is 14.6 Å². The van der Waals surface area contributed by atoms with Crippen molar-refractivity contribution < 1.29 is 26.7 Å². The molecule has 0 amide bonds. The predicted octanol–water partition coefficient (Wildman–Crippen LogP) is 1.94. The van der Waals surface area contributed by atoms with Crippen LogP contribution in [0.1, 0.15) is 36.9 Å². The zero-order valence-electron chi connectivity index (χ0n) is 15.8. The number of sulfone groups is 1. The number of aromatic nitrogens is 2. The molecule has 1 unspecified atom stereocenters. The van der Waals surface area contributed by atoms with Crippen LogP contribution in [0.3, 0.4) is 0 Å². The number of hydrogen-bond donors (Lipinski definition) is 0. The molecule has 0 bridgehead atoms. The first-order chi connectivity index (χ1) is 13.1. The molecule has 4 rings (SSSR count). The quantitative estimate of drug-likeness (QED) is 0.422. The van der Waals surface area contributed by atoms with E-state index in [1.807, 2.05) is 4.90 Å². The summed E-state index contributed by atoms with van der Waals surface area (Å²) < 4.78 is 58.1. The van der Waals surface area contributed by atoms with Gasteiger partial charge in [0.2, 0.25) is 15.0 Å². The molecule has 1 aromatic rings. The molecule has 10 heteroatoms. The Morgan fingerprint density at radius 3 is 2.54 bits per heavy atom. The third-order valence-corrected chi connectivity index (χ3v) is 6.96. The maximum absolute atomic E-state index is 14.7. The van der Waals surface area contributed by atoms with E-state index in [-0.39, 0.29) is 30.1 Å². The van der Waals surface area contributed by atoms with E-state index in [9.17, 15) is 22.0 Å². The van der Waals surface area contributed by atoms with E-state index in [4.69, 9.17) is 4.74 Å². The Morgan fingerprint density at radius 2 is 1.93 bits per heavy atom. The maximum Gasteiger partial charge on any atom is 0.305 e. The summed E-state index contributed by atoms with van der Waals surface area (Å²) in [5, 5.41) is -0.547. The van der Waals surface area contributed by atoms with Crippen molar-refractivity contribution in [3.05, 3.63) is 11.3 Å². The Morgan fingerprint density at radius 1 is 1.25 bits per heavy atom. The summed E-state index contributed by atoms with van der Waals surface area (Å²) in [6.07, 6.45) is 2.29. The predicted molar refractivity (Wildman–Crippen MR) is 95.9 cm³/mol. The van der Waals surface area contributed by atoms with E-state index in [1.165, 1.54) is 7.11 Å². The molecule has 0 aromatic carbocycles. The molecule has 2 aliphatic carbocycles. The van der Waals surface area contributed by atoms with Gasteiger partial charge in [-0.25, -0.2) is 18.4 Å². The minimum atomic E-state index is -3.83. The van der Waals surface area contributed by atoms with Crippen LogP contribution in [-0.2, 0) is 31.7 Å². The van der Waals surface area contributed by atoms with Crippen molar-refractivity contribution >= 4 is 21.6 Å². The molecule has 0 N–H and O–H groups in total. The van der Waals surface area contributed by atoms with Crippen molar-refractivity contribution in [2.45, 2.75) is 43.2 Å². The van der Waals surface area contributed by atoms with E-state index in [2.05, 4.69) is 9.97 Å². The molecule has 3 aliphatic rings. The lowest BCUT2D eigenvalue weighted by molar-refractivity contribution is -0.141. The van der Waals surface area contributed by atoms with Crippen molar-refractivity contribution in [1.29, 1.82) is 0 Å². The number of fused-ring (bicyclic) bond motifs is 2. The van der Waals surface area contributed by atoms with Crippen LogP contribution in [0, 0.1) is 17.8 Å². The van der Waals surface area contributed by atoms with Gasteiger partial charge in [0.25, 0.3) is 5.92 Å². The molecule has 1 aromatic heterocycles. The largest absolute Gasteiger partial charge is 0.469 e. The van der Waals surface area contributed by atoms with E-state index >= 15 is 0 Å². The second kappa shape index (κ2) is 6.60. The van der Waals surface area contributed by atoms with Crippen molar-refractivity contribution in [3.63, 3.8) is 0 Å². The van der Waals surface area contributed by atoms with Crippen molar-refractivity contribution in [2.75, 3.05) is 31.4 Å². The number of carbonyl (C=O) groups is 1. The Kier molecular flexibility index (Phi) is 4.59. The lowest BCUT2D eigenvalue weighted by atomic mass is 10.1. The van der Waals surface area contributed by atoms with Gasteiger partial charge in [-0.1, -0.05) is 0 Å². The summed E-state index contributed by atoms with van der Waals surface area (Å²) in [5.74, 6) is -2.31. The van der Waals surface area contributed by atoms with Gasteiger partial charge in [-0.2, -0.15) is 8.78 Å². The Bertz CT molecular complexity index is 910. The number of anilines is 1. The van der Waals surface area contributed by atoms with Gasteiger partial charge < -0.3 is 9.64 Å². The SMILES string of the molecule is COC(=O)CC1[C@H]2CN(c3nc(S(C)(=O)=O)nc4c3CCCCC4(F)F)C[C@@H]12. The molecule has 7 nitrogen and oxygen atoms in total. The normalized spacial score (nSPS) is 28.3. The fourth-order valence-corrected chi connectivity index (χ4v) is 5.09. The third kappa shape index (κ3) is 3.35. The lowest BCUT2D eigenvalue weighted by Gasteiger charge is -2.26. The van der Waals surface area contributed by atoms with E-state index in [0.717, 1.165) is 6.26 Å². The summed E-state index contributed by atoms with van der Waals surface area (Å²) in [5.41, 5.74) is -0.0807. The third-order valence-electron chi connectivity index (χ3n) is 6.11. The molecule has 1 saturated heterocycles. The number of methoxy groups -OCH3 is 1. The number of piperidine rings is 1. The minimum absolute atomic E-state index is 0.236. The van der Waals surface area contributed by atoms with E-state index < -0.39 is 26.6 Å². The molecule has 1 aliphatic heterocycles. The molecule has 2 heterocycles. The highest BCUT2D eigenvalue weighted by molar-refractivity contribution is 7.90. The molecule has 1 saturated carbocycles. The highest BCUT2D eigenvalue weighted by Gasteiger charge is 2.57. The zero-order valence-corrected chi connectivity index (χ0v) is 16.6.